The third-order valence-corrected chi connectivity index (χ3v) is 5.11. The van der Waals surface area contributed by atoms with Gasteiger partial charge in [-0.15, -0.1) is 0 Å². The molecule has 0 bridgehead atoms. The van der Waals surface area contributed by atoms with E-state index in [4.69, 9.17) is 0 Å². The number of thioether (sulfide) groups is 1. The fourth-order valence-electron chi connectivity index (χ4n) is 2.98. The first-order valence-corrected chi connectivity index (χ1v) is 8.02. The molecular weight excluding hydrogens is 254 g/mol. The molecule has 0 spiro atoms. The van der Waals surface area contributed by atoms with Crippen LogP contribution in [0.4, 0.5) is 0 Å². The highest BCUT2D eigenvalue weighted by molar-refractivity contribution is 8.00. The van der Waals surface area contributed by atoms with E-state index in [0.29, 0.717) is 10.5 Å². The van der Waals surface area contributed by atoms with Gasteiger partial charge in [-0.25, -0.2) is 0 Å². The summed E-state index contributed by atoms with van der Waals surface area (Å²) in [5, 5.41) is 11.2. The normalized spacial score (nSPS) is 28.0. The second-order valence-corrected chi connectivity index (χ2v) is 7.92. The van der Waals surface area contributed by atoms with Gasteiger partial charge in [-0.3, -0.25) is 0 Å². The van der Waals surface area contributed by atoms with E-state index < -0.39 is 0 Å². The average molecular weight is 279 g/mol. The zero-order valence-electron chi connectivity index (χ0n) is 12.2. The smallest absolute Gasteiger partial charge is 0.0537 e. The van der Waals surface area contributed by atoms with Crippen LogP contribution in [0, 0.1) is 0 Å². The molecule has 1 N–H and O–H groups in total. The van der Waals surface area contributed by atoms with Crippen LogP contribution in [0.25, 0.3) is 0 Å². The summed E-state index contributed by atoms with van der Waals surface area (Å²) >= 11 is 2.07. The summed E-state index contributed by atoms with van der Waals surface area (Å²) in [5.74, 6) is 0. The van der Waals surface area contributed by atoms with E-state index in [1.54, 1.807) is 0 Å². The Balaban J connectivity index is 2.10. The number of hydrogen-bond donors (Lipinski definition) is 1. The van der Waals surface area contributed by atoms with Crippen molar-refractivity contribution in [1.82, 2.24) is 4.90 Å². The van der Waals surface area contributed by atoms with Gasteiger partial charge in [-0.05, 0) is 5.56 Å². The number of aliphatic hydroxyl groups excluding tert-OH is 1. The van der Waals surface area contributed by atoms with Crippen molar-refractivity contribution in [2.24, 2.45) is 0 Å². The van der Waals surface area contributed by atoms with E-state index in [1.807, 2.05) is 6.07 Å². The van der Waals surface area contributed by atoms with Gasteiger partial charge < -0.3 is 10.0 Å². The van der Waals surface area contributed by atoms with Crippen molar-refractivity contribution in [2.75, 3.05) is 26.2 Å². The fraction of sp³-hybridized carbons (Fsp3) is 0.625. The molecule has 3 unspecified atom stereocenters. The van der Waals surface area contributed by atoms with Gasteiger partial charge in [0.15, 0.2) is 0 Å². The van der Waals surface area contributed by atoms with Crippen molar-refractivity contribution in [3.05, 3.63) is 35.9 Å². The van der Waals surface area contributed by atoms with Crippen molar-refractivity contribution in [2.45, 2.75) is 36.7 Å². The van der Waals surface area contributed by atoms with Crippen molar-refractivity contribution < 1.29 is 5.11 Å². The lowest BCUT2D eigenvalue weighted by atomic mass is 9.82. The molecule has 3 heteroatoms. The van der Waals surface area contributed by atoms with E-state index in [0.717, 1.165) is 19.6 Å². The minimum Gasteiger partial charge on any atom is -0.395 e. The van der Waals surface area contributed by atoms with Gasteiger partial charge in [-0.2, -0.15) is 11.8 Å². The molecule has 0 radical (unpaired) electrons. The van der Waals surface area contributed by atoms with Crippen LogP contribution in [0.1, 0.15) is 26.3 Å². The third-order valence-electron chi connectivity index (χ3n) is 3.89. The van der Waals surface area contributed by atoms with Crippen LogP contribution >= 0.6 is 11.8 Å². The Hall–Kier alpha value is -0.510. The van der Waals surface area contributed by atoms with Crippen LogP contribution in [-0.4, -0.2) is 46.7 Å². The molecule has 19 heavy (non-hydrogen) atoms. The van der Waals surface area contributed by atoms with Gasteiger partial charge in [0.1, 0.15) is 0 Å². The Kier molecular flexibility index (Phi) is 4.93. The molecule has 1 heterocycles. The van der Waals surface area contributed by atoms with E-state index in [1.165, 1.54) is 5.56 Å². The predicted octanol–water partition coefficient (Wildman–Crippen LogP) is 2.76. The minimum atomic E-state index is -0.164. The molecule has 1 aromatic rings. The molecule has 2 nitrogen and oxygen atoms in total. The van der Waals surface area contributed by atoms with E-state index in [-0.39, 0.29) is 12.0 Å². The van der Waals surface area contributed by atoms with Gasteiger partial charge in [0.2, 0.25) is 0 Å². The zero-order valence-corrected chi connectivity index (χ0v) is 13.0. The molecule has 106 valence electrons. The van der Waals surface area contributed by atoms with Gasteiger partial charge >= 0.3 is 0 Å². The van der Waals surface area contributed by atoms with E-state index in [2.05, 4.69) is 61.7 Å². The molecule has 0 amide bonds. The molecular formula is C16H25NOS. The van der Waals surface area contributed by atoms with Gasteiger partial charge in [0.05, 0.1) is 6.61 Å². The Bertz CT molecular complexity index is 387. The first kappa shape index (κ1) is 14.9. The van der Waals surface area contributed by atoms with E-state index in [9.17, 15) is 5.11 Å². The van der Waals surface area contributed by atoms with Gasteiger partial charge in [0.25, 0.3) is 0 Å². The molecule has 1 fully saturated rings. The summed E-state index contributed by atoms with van der Waals surface area (Å²) in [7, 11) is 0. The van der Waals surface area contributed by atoms with Crippen LogP contribution in [0.3, 0.4) is 0 Å². The highest BCUT2D eigenvalue weighted by Crippen LogP contribution is 2.29. The summed E-state index contributed by atoms with van der Waals surface area (Å²) in [6.07, 6.45) is 0. The Labute approximate surface area is 121 Å². The van der Waals surface area contributed by atoms with Crippen LogP contribution in [0.2, 0.25) is 0 Å². The molecule has 1 aromatic carbocycles. The monoisotopic (exact) mass is 279 g/mol. The summed E-state index contributed by atoms with van der Waals surface area (Å²) in [6, 6.07) is 10.4. The third kappa shape index (κ3) is 3.74. The zero-order chi connectivity index (χ0) is 13.9. The second kappa shape index (κ2) is 6.29. The molecule has 1 aliphatic heterocycles. The van der Waals surface area contributed by atoms with Gasteiger partial charge in [0, 0.05) is 35.5 Å². The molecule has 0 aliphatic carbocycles. The van der Waals surface area contributed by atoms with Crippen LogP contribution < -0.4 is 0 Å². The second-order valence-electron chi connectivity index (χ2n) is 6.04. The Morgan fingerprint density at radius 1 is 1.21 bits per heavy atom. The molecule has 2 rings (SSSR count). The largest absolute Gasteiger partial charge is 0.395 e. The minimum absolute atomic E-state index is 0.164. The number of hydrogen-bond acceptors (Lipinski definition) is 3. The summed E-state index contributed by atoms with van der Waals surface area (Å²) in [6.45, 7) is 10.1. The molecule has 0 aromatic heterocycles. The summed E-state index contributed by atoms with van der Waals surface area (Å²) < 4.78 is 0. The van der Waals surface area contributed by atoms with Crippen LogP contribution in [-0.2, 0) is 5.41 Å². The first-order valence-electron chi connectivity index (χ1n) is 7.08. The molecule has 1 saturated heterocycles. The topological polar surface area (TPSA) is 23.5 Å². The fourth-order valence-corrected chi connectivity index (χ4v) is 4.37. The predicted molar refractivity (Wildman–Crippen MR) is 83.8 cm³/mol. The van der Waals surface area contributed by atoms with Crippen LogP contribution in [0.5, 0.6) is 0 Å². The lowest BCUT2D eigenvalue weighted by molar-refractivity contribution is 0.142. The van der Waals surface area contributed by atoms with Crippen molar-refractivity contribution >= 4 is 11.8 Å². The number of aliphatic hydroxyl groups is 1. The Morgan fingerprint density at radius 3 is 2.32 bits per heavy atom. The number of rotatable bonds is 4. The Morgan fingerprint density at radius 2 is 1.79 bits per heavy atom. The maximum Gasteiger partial charge on any atom is 0.0537 e. The average Bonchev–Trinajstić information content (AvgIpc) is 2.38. The highest BCUT2D eigenvalue weighted by Gasteiger charge is 2.31. The van der Waals surface area contributed by atoms with Crippen molar-refractivity contribution in [3.8, 4) is 0 Å². The number of benzene rings is 1. The molecule has 1 aliphatic rings. The van der Waals surface area contributed by atoms with Crippen LogP contribution in [0.15, 0.2) is 30.3 Å². The highest BCUT2D eigenvalue weighted by atomic mass is 32.2. The van der Waals surface area contributed by atoms with Gasteiger partial charge in [-0.1, -0.05) is 51.1 Å². The quantitative estimate of drug-likeness (QED) is 0.917. The lowest BCUT2D eigenvalue weighted by Gasteiger charge is -2.40. The lowest BCUT2D eigenvalue weighted by Crippen LogP contribution is -2.48. The van der Waals surface area contributed by atoms with E-state index >= 15 is 0 Å². The summed E-state index contributed by atoms with van der Waals surface area (Å²) in [4.78, 5) is 2.51. The van der Waals surface area contributed by atoms with Crippen molar-refractivity contribution in [1.29, 1.82) is 0 Å². The molecule has 3 atom stereocenters. The first-order chi connectivity index (χ1) is 9.03. The number of nitrogens with zero attached hydrogens (tertiary/aromatic N) is 1. The van der Waals surface area contributed by atoms with Crippen molar-refractivity contribution in [3.63, 3.8) is 0 Å². The standard InChI is InChI=1S/C16H25NOS/c1-13-9-17(10-14(2)19-13)11-16(3,12-18)15-7-5-4-6-8-15/h4-8,13-14,18H,9-12H2,1-3H3. The molecule has 0 saturated carbocycles. The maximum atomic E-state index is 9.87. The SMILES string of the molecule is CC1CN(CC(C)(CO)c2ccccc2)CC(C)S1. The summed E-state index contributed by atoms with van der Waals surface area (Å²) in [5.41, 5.74) is 1.07. The maximum absolute atomic E-state index is 9.87.